The number of aromatic nitrogens is 1. The zero-order valence-corrected chi connectivity index (χ0v) is 19.1. The lowest BCUT2D eigenvalue weighted by molar-refractivity contribution is -0.118. The summed E-state index contributed by atoms with van der Waals surface area (Å²) >= 11 is 0. The first-order valence-electron chi connectivity index (χ1n) is 11.0. The Balaban J connectivity index is 1.81. The monoisotopic (exact) mass is 423 g/mol. The van der Waals surface area contributed by atoms with E-state index in [1.165, 1.54) is 0 Å². The standard InChI is InChI=1S/C25H33N3O3/c1-6-7-11-18(23(30)27-17-12-9-8-10-15(17)2)28-24(31)22-16(3)21-19(26-22)13-25(4,5)14-20(21)29/h8-10,12,18,26H,6-7,11,13-14H2,1-5H3,(H,27,30)(H,28,31). The smallest absolute Gasteiger partial charge is 0.268 e. The van der Waals surface area contributed by atoms with Gasteiger partial charge in [0.05, 0.1) is 0 Å². The third-order valence-corrected chi connectivity index (χ3v) is 6.00. The van der Waals surface area contributed by atoms with Crippen LogP contribution in [0.1, 0.15) is 84.1 Å². The van der Waals surface area contributed by atoms with Gasteiger partial charge in [-0.3, -0.25) is 14.4 Å². The number of fused-ring (bicyclic) bond motifs is 1. The summed E-state index contributed by atoms with van der Waals surface area (Å²) in [4.78, 5) is 41.9. The number of ketones is 1. The van der Waals surface area contributed by atoms with Gasteiger partial charge in [-0.25, -0.2) is 0 Å². The molecule has 1 heterocycles. The molecule has 0 aliphatic heterocycles. The Morgan fingerprint density at radius 3 is 2.55 bits per heavy atom. The third kappa shape index (κ3) is 5.06. The molecule has 1 aromatic heterocycles. The highest BCUT2D eigenvalue weighted by atomic mass is 16.2. The maximum absolute atomic E-state index is 13.1. The minimum Gasteiger partial charge on any atom is -0.354 e. The number of Topliss-reactive ketones (excluding diaryl/α,β-unsaturated/α-hetero) is 1. The van der Waals surface area contributed by atoms with Crippen molar-refractivity contribution < 1.29 is 14.4 Å². The van der Waals surface area contributed by atoms with Crippen molar-refractivity contribution in [1.29, 1.82) is 0 Å². The van der Waals surface area contributed by atoms with Crippen molar-refractivity contribution in [2.45, 2.75) is 72.8 Å². The maximum atomic E-state index is 13.1. The van der Waals surface area contributed by atoms with Crippen molar-refractivity contribution in [2.24, 2.45) is 5.41 Å². The van der Waals surface area contributed by atoms with Gasteiger partial charge < -0.3 is 15.6 Å². The van der Waals surface area contributed by atoms with Crippen molar-refractivity contribution in [3.63, 3.8) is 0 Å². The van der Waals surface area contributed by atoms with Crippen LogP contribution in [0.25, 0.3) is 0 Å². The first-order valence-corrected chi connectivity index (χ1v) is 11.0. The van der Waals surface area contributed by atoms with Gasteiger partial charge in [0.2, 0.25) is 5.91 Å². The van der Waals surface area contributed by atoms with E-state index in [4.69, 9.17) is 0 Å². The van der Waals surface area contributed by atoms with Crippen LogP contribution in [0.15, 0.2) is 24.3 Å². The molecule has 0 saturated carbocycles. The Labute approximate surface area is 184 Å². The van der Waals surface area contributed by atoms with E-state index in [1.54, 1.807) is 6.92 Å². The number of H-pyrrole nitrogens is 1. The average molecular weight is 424 g/mol. The minimum atomic E-state index is -0.654. The molecular formula is C25H33N3O3. The summed E-state index contributed by atoms with van der Waals surface area (Å²) in [6.45, 7) is 9.89. The van der Waals surface area contributed by atoms with Gasteiger partial charge in [-0.05, 0) is 49.3 Å². The first-order chi connectivity index (χ1) is 14.6. The van der Waals surface area contributed by atoms with E-state index >= 15 is 0 Å². The molecule has 3 N–H and O–H groups in total. The third-order valence-electron chi connectivity index (χ3n) is 6.00. The number of aromatic amines is 1. The lowest BCUT2D eigenvalue weighted by Crippen LogP contribution is -2.44. The van der Waals surface area contributed by atoms with Crippen molar-refractivity contribution >= 4 is 23.3 Å². The van der Waals surface area contributed by atoms with Gasteiger partial charge in [-0.2, -0.15) is 0 Å². The summed E-state index contributed by atoms with van der Waals surface area (Å²) in [6.07, 6.45) is 3.47. The lowest BCUT2D eigenvalue weighted by Gasteiger charge is -2.28. The van der Waals surface area contributed by atoms with E-state index in [1.807, 2.05) is 31.2 Å². The van der Waals surface area contributed by atoms with Crippen LogP contribution < -0.4 is 10.6 Å². The number of carbonyl (C=O) groups excluding carboxylic acids is 3. The van der Waals surface area contributed by atoms with Crippen LogP contribution in [0.3, 0.4) is 0 Å². The van der Waals surface area contributed by atoms with E-state index in [-0.39, 0.29) is 23.0 Å². The maximum Gasteiger partial charge on any atom is 0.268 e. The Bertz CT molecular complexity index is 1000. The normalized spacial score (nSPS) is 15.8. The van der Waals surface area contributed by atoms with E-state index in [2.05, 4.69) is 36.4 Å². The summed E-state index contributed by atoms with van der Waals surface area (Å²) in [6, 6.07) is 6.91. The molecular weight excluding hydrogens is 390 g/mol. The van der Waals surface area contributed by atoms with Crippen LogP contribution in [0.2, 0.25) is 0 Å². The van der Waals surface area contributed by atoms with E-state index in [0.29, 0.717) is 29.7 Å². The molecule has 3 rings (SSSR count). The number of rotatable bonds is 7. The number of carbonyl (C=O) groups is 3. The lowest BCUT2D eigenvalue weighted by atomic mass is 9.75. The Hall–Kier alpha value is -2.89. The SMILES string of the molecule is CCCCC(NC(=O)c1[nH]c2c(c1C)C(=O)CC(C)(C)C2)C(=O)Nc1ccccc1C. The van der Waals surface area contributed by atoms with Crippen LogP contribution in [-0.2, 0) is 11.2 Å². The molecule has 1 unspecified atom stereocenters. The number of aryl methyl sites for hydroxylation is 1. The summed E-state index contributed by atoms with van der Waals surface area (Å²) in [5.74, 6) is -0.514. The largest absolute Gasteiger partial charge is 0.354 e. The van der Waals surface area contributed by atoms with Crippen LogP contribution in [0.5, 0.6) is 0 Å². The summed E-state index contributed by atoms with van der Waals surface area (Å²) in [5, 5.41) is 5.84. The molecule has 31 heavy (non-hydrogen) atoms. The van der Waals surface area contributed by atoms with Gasteiger partial charge in [0, 0.05) is 23.4 Å². The van der Waals surface area contributed by atoms with Gasteiger partial charge >= 0.3 is 0 Å². The molecule has 0 fully saturated rings. The highest BCUT2D eigenvalue weighted by molar-refractivity contribution is 6.06. The summed E-state index contributed by atoms with van der Waals surface area (Å²) in [7, 11) is 0. The van der Waals surface area contributed by atoms with E-state index < -0.39 is 6.04 Å². The minimum absolute atomic E-state index is 0.0684. The van der Waals surface area contributed by atoms with Gasteiger partial charge in [0.1, 0.15) is 11.7 Å². The molecule has 0 spiro atoms. The quantitative estimate of drug-likeness (QED) is 0.602. The molecule has 0 saturated heterocycles. The van der Waals surface area contributed by atoms with Crippen LogP contribution in [-0.4, -0.2) is 28.6 Å². The predicted octanol–water partition coefficient (Wildman–Crippen LogP) is 4.71. The number of anilines is 1. The molecule has 6 heteroatoms. The summed E-state index contributed by atoms with van der Waals surface area (Å²) < 4.78 is 0. The molecule has 1 aliphatic carbocycles. The molecule has 1 aliphatic rings. The molecule has 1 aromatic carbocycles. The molecule has 2 amide bonds. The molecule has 6 nitrogen and oxygen atoms in total. The van der Waals surface area contributed by atoms with Crippen molar-refractivity contribution in [1.82, 2.24) is 10.3 Å². The zero-order valence-electron chi connectivity index (χ0n) is 19.1. The fourth-order valence-electron chi connectivity index (χ4n) is 4.30. The van der Waals surface area contributed by atoms with Crippen molar-refractivity contribution in [3.8, 4) is 0 Å². The highest BCUT2D eigenvalue weighted by Gasteiger charge is 2.35. The number of hydrogen-bond acceptors (Lipinski definition) is 3. The second-order valence-corrected chi connectivity index (χ2v) is 9.39. The van der Waals surface area contributed by atoms with Crippen molar-refractivity contribution in [3.05, 3.63) is 52.3 Å². The van der Waals surface area contributed by atoms with Crippen molar-refractivity contribution in [2.75, 3.05) is 5.32 Å². The Kier molecular flexibility index (Phi) is 6.68. The van der Waals surface area contributed by atoms with Gasteiger partial charge in [-0.15, -0.1) is 0 Å². The topological polar surface area (TPSA) is 91.1 Å². The molecule has 0 radical (unpaired) electrons. The van der Waals surface area contributed by atoms with E-state index in [9.17, 15) is 14.4 Å². The Morgan fingerprint density at radius 1 is 1.16 bits per heavy atom. The number of amides is 2. The van der Waals surface area contributed by atoms with E-state index in [0.717, 1.165) is 36.2 Å². The van der Waals surface area contributed by atoms with Crippen LogP contribution >= 0.6 is 0 Å². The number of benzene rings is 1. The highest BCUT2D eigenvalue weighted by Crippen LogP contribution is 2.36. The number of hydrogen-bond donors (Lipinski definition) is 3. The number of nitrogens with one attached hydrogen (secondary N) is 3. The van der Waals surface area contributed by atoms with Gasteiger partial charge in [0.15, 0.2) is 5.78 Å². The fourth-order valence-corrected chi connectivity index (χ4v) is 4.30. The zero-order chi connectivity index (χ0) is 22.8. The summed E-state index contributed by atoms with van der Waals surface area (Å²) in [5.41, 5.74) is 4.07. The number of para-hydroxylation sites is 1. The first kappa shape index (κ1) is 22.8. The molecule has 0 bridgehead atoms. The second kappa shape index (κ2) is 9.08. The second-order valence-electron chi connectivity index (χ2n) is 9.39. The van der Waals surface area contributed by atoms with Gasteiger partial charge in [-0.1, -0.05) is 51.8 Å². The predicted molar refractivity (Wildman–Crippen MR) is 123 cm³/mol. The Morgan fingerprint density at radius 2 is 1.87 bits per heavy atom. The molecule has 1 atom stereocenters. The van der Waals surface area contributed by atoms with Crippen LogP contribution in [0, 0.1) is 19.3 Å². The molecule has 166 valence electrons. The average Bonchev–Trinajstić information content (AvgIpc) is 3.02. The van der Waals surface area contributed by atoms with Crippen LogP contribution in [0.4, 0.5) is 5.69 Å². The molecule has 2 aromatic rings. The fraction of sp³-hybridized carbons (Fsp3) is 0.480. The van der Waals surface area contributed by atoms with Gasteiger partial charge in [0.25, 0.3) is 5.91 Å². The number of unbranched alkanes of at least 4 members (excludes halogenated alkanes) is 1.